The number of nitriles is 1. The van der Waals surface area contributed by atoms with Crippen molar-refractivity contribution in [3.8, 4) is 28.8 Å². The number of benzene rings is 1. The molecular weight excluding hydrogens is 350 g/mol. The van der Waals surface area contributed by atoms with Crippen LogP contribution >= 0.6 is 23.4 Å². The zero-order valence-corrected chi connectivity index (χ0v) is 15.0. The van der Waals surface area contributed by atoms with Gasteiger partial charge in [-0.2, -0.15) is 5.26 Å². The Morgan fingerprint density at radius 2 is 2.21 bits per heavy atom. The average Bonchev–Trinajstić information content (AvgIpc) is 2.59. The van der Waals surface area contributed by atoms with Crippen LogP contribution in [0.1, 0.15) is 18.9 Å². The first kappa shape index (κ1) is 18.2. The maximum absolute atomic E-state index is 12.1. The van der Waals surface area contributed by atoms with Crippen LogP contribution in [-0.2, 0) is 0 Å². The van der Waals surface area contributed by atoms with E-state index in [0.717, 1.165) is 6.42 Å². The normalized spacial score (nSPS) is 10.3. The number of aromatic amines is 1. The Morgan fingerprint density at radius 3 is 2.79 bits per heavy atom. The third-order valence-corrected chi connectivity index (χ3v) is 4.02. The minimum Gasteiger partial charge on any atom is -0.493 e. The highest BCUT2D eigenvalue weighted by molar-refractivity contribution is 7.98. The van der Waals surface area contributed by atoms with Gasteiger partial charge >= 0.3 is 0 Å². The maximum atomic E-state index is 12.1. The zero-order valence-electron chi connectivity index (χ0n) is 13.5. The van der Waals surface area contributed by atoms with Gasteiger partial charge in [-0.25, -0.2) is 4.98 Å². The van der Waals surface area contributed by atoms with Gasteiger partial charge in [-0.1, -0.05) is 30.3 Å². The Morgan fingerprint density at radius 1 is 1.46 bits per heavy atom. The van der Waals surface area contributed by atoms with Crippen LogP contribution in [0.25, 0.3) is 11.3 Å². The molecule has 24 heavy (non-hydrogen) atoms. The largest absolute Gasteiger partial charge is 0.493 e. The Bertz CT molecular complexity index is 846. The highest BCUT2D eigenvalue weighted by Crippen LogP contribution is 2.39. The first-order chi connectivity index (χ1) is 11.5. The van der Waals surface area contributed by atoms with Crippen molar-refractivity contribution in [3.05, 3.63) is 33.1 Å². The monoisotopic (exact) mass is 365 g/mol. The van der Waals surface area contributed by atoms with Gasteiger partial charge in [-0.3, -0.25) is 4.79 Å². The van der Waals surface area contributed by atoms with E-state index in [1.165, 1.54) is 18.9 Å². The molecular formula is C16H16ClN3O3S. The fraction of sp³-hybridized carbons (Fsp3) is 0.312. The molecule has 0 radical (unpaired) electrons. The van der Waals surface area contributed by atoms with Gasteiger partial charge in [0.25, 0.3) is 5.56 Å². The molecule has 0 aliphatic rings. The minimum absolute atomic E-state index is 0.0758. The molecule has 1 aromatic carbocycles. The Balaban J connectivity index is 2.66. The molecule has 126 valence electrons. The van der Waals surface area contributed by atoms with Crippen molar-refractivity contribution < 1.29 is 9.47 Å². The third kappa shape index (κ3) is 3.66. The van der Waals surface area contributed by atoms with Gasteiger partial charge in [0, 0.05) is 5.56 Å². The molecule has 0 unspecified atom stereocenters. The molecule has 0 bridgehead atoms. The number of rotatable bonds is 6. The summed E-state index contributed by atoms with van der Waals surface area (Å²) in [7, 11) is 1.50. The fourth-order valence-corrected chi connectivity index (χ4v) is 2.71. The summed E-state index contributed by atoms with van der Waals surface area (Å²) in [6, 6.07) is 5.16. The lowest BCUT2D eigenvalue weighted by Gasteiger charge is -2.14. The van der Waals surface area contributed by atoms with Crippen LogP contribution in [-0.4, -0.2) is 29.9 Å². The van der Waals surface area contributed by atoms with Gasteiger partial charge in [-0.05, 0) is 24.8 Å². The second-order valence-electron chi connectivity index (χ2n) is 4.75. The Labute approximate surface area is 148 Å². The Kier molecular flexibility index (Phi) is 6.12. The number of nitrogens with one attached hydrogen (secondary N) is 1. The zero-order chi connectivity index (χ0) is 17.7. The van der Waals surface area contributed by atoms with Crippen LogP contribution in [0.5, 0.6) is 11.5 Å². The highest BCUT2D eigenvalue weighted by Gasteiger charge is 2.18. The van der Waals surface area contributed by atoms with Gasteiger partial charge in [0.05, 0.1) is 24.4 Å². The molecule has 2 rings (SSSR count). The number of hydrogen-bond donors (Lipinski definition) is 1. The number of nitrogens with zero attached hydrogens (tertiary/aromatic N) is 2. The molecule has 1 heterocycles. The first-order valence-corrected chi connectivity index (χ1v) is 8.75. The van der Waals surface area contributed by atoms with Crippen LogP contribution in [0.2, 0.25) is 5.02 Å². The minimum atomic E-state index is -0.492. The van der Waals surface area contributed by atoms with Crippen LogP contribution in [0.3, 0.4) is 0 Å². The number of thioether (sulfide) groups is 1. The second kappa shape index (κ2) is 8.08. The molecule has 0 saturated heterocycles. The van der Waals surface area contributed by atoms with Crippen molar-refractivity contribution in [1.82, 2.24) is 9.97 Å². The number of H-pyrrole nitrogens is 1. The van der Waals surface area contributed by atoms with E-state index < -0.39 is 5.56 Å². The summed E-state index contributed by atoms with van der Waals surface area (Å²) in [5, 5.41) is 10.0. The predicted octanol–water partition coefficient (Wildman–Crippen LogP) is 3.48. The van der Waals surface area contributed by atoms with Crippen LogP contribution < -0.4 is 15.0 Å². The van der Waals surface area contributed by atoms with Crippen molar-refractivity contribution in [2.24, 2.45) is 0 Å². The van der Waals surface area contributed by atoms with E-state index in [0.29, 0.717) is 33.8 Å². The SMILES string of the molecule is CCCOc1c(Cl)cc(-c2nc(SC)[nH]c(=O)c2C#N)cc1OC. The lowest BCUT2D eigenvalue weighted by Crippen LogP contribution is -2.14. The smallest absolute Gasteiger partial charge is 0.270 e. The van der Waals surface area contributed by atoms with Crippen molar-refractivity contribution >= 4 is 23.4 Å². The maximum Gasteiger partial charge on any atom is 0.270 e. The summed E-state index contributed by atoms with van der Waals surface area (Å²) in [5.74, 6) is 0.848. The molecule has 0 aliphatic heterocycles. The van der Waals surface area contributed by atoms with Crippen LogP contribution in [0, 0.1) is 11.3 Å². The van der Waals surface area contributed by atoms with Gasteiger partial charge in [0.1, 0.15) is 11.6 Å². The van der Waals surface area contributed by atoms with E-state index in [2.05, 4.69) is 9.97 Å². The molecule has 0 spiro atoms. The highest BCUT2D eigenvalue weighted by atomic mass is 35.5. The number of hydrogen-bond acceptors (Lipinski definition) is 6. The molecule has 8 heteroatoms. The average molecular weight is 366 g/mol. The van der Waals surface area contributed by atoms with Crippen LogP contribution in [0.15, 0.2) is 22.1 Å². The fourth-order valence-electron chi connectivity index (χ4n) is 2.06. The van der Waals surface area contributed by atoms with E-state index in [1.54, 1.807) is 18.4 Å². The molecule has 1 N–H and O–H groups in total. The van der Waals surface area contributed by atoms with E-state index in [-0.39, 0.29) is 11.3 Å². The molecule has 6 nitrogen and oxygen atoms in total. The second-order valence-corrected chi connectivity index (χ2v) is 5.95. The number of aromatic nitrogens is 2. The first-order valence-electron chi connectivity index (χ1n) is 7.14. The molecule has 0 saturated carbocycles. The summed E-state index contributed by atoms with van der Waals surface area (Å²) in [5.41, 5.74) is 0.202. The predicted molar refractivity (Wildman–Crippen MR) is 94.1 cm³/mol. The molecule has 0 aliphatic carbocycles. The van der Waals surface area contributed by atoms with Gasteiger partial charge in [0.15, 0.2) is 16.7 Å². The number of ether oxygens (including phenoxy) is 2. The lowest BCUT2D eigenvalue weighted by atomic mass is 10.1. The van der Waals surface area contributed by atoms with Crippen molar-refractivity contribution in [1.29, 1.82) is 5.26 Å². The van der Waals surface area contributed by atoms with Crippen molar-refractivity contribution in [2.75, 3.05) is 20.0 Å². The summed E-state index contributed by atoms with van der Waals surface area (Å²) in [6.45, 7) is 2.48. The molecule has 0 fully saturated rings. The van der Waals surface area contributed by atoms with E-state index in [9.17, 15) is 10.1 Å². The molecule has 0 amide bonds. The summed E-state index contributed by atoms with van der Waals surface area (Å²) >= 11 is 7.58. The molecule has 1 aromatic heterocycles. The van der Waals surface area contributed by atoms with E-state index >= 15 is 0 Å². The number of methoxy groups -OCH3 is 1. The van der Waals surface area contributed by atoms with Gasteiger partial charge in [0.2, 0.25) is 0 Å². The van der Waals surface area contributed by atoms with E-state index in [1.807, 2.05) is 13.0 Å². The summed E-state index contributed by atoms with van der Waals surface area (Å²) < 4.78 is 10.9. The summed E-state index contributed by atoms with van der Waals surface area (Å²) in [4.78, 5) is 18.9. The Hall–Kier alpha value is -2.17. The summed E-state index contributed by atoms with van der Waals surface area (Å²) in [6.07, 6.45) is 2.61. The van der Waals surface area contributed by atoms with Crippen LogP contribution in [0.4, 0.5) is 0 Å². The van der Waals surface area contributed by atoms with Gasteiger partial charge in [-0.15, -0.1) is 0 Å². The quantitative estimate of drug-likeness (QED) is 0.622. The third-order valence-electron chi connectivity index (χ3n) is 3.16. The molecule has 0 atom stereocenters. The van der Waals surface area contributed by atoms with Crippen molar-refractivity contribution in [3.63, 3.8) is 0 Å². The standard InChI is InChI=1S/C16H16ClN3O3S/c1-4-5-23-14-11(17)6-9(7-12(14)22-2)13-10(8-18)15(21)20-16(19-13)24-3/h6-7H,4-5H2,1-3H3,(H,19,20,21). The lowest BCUT2D eigenvalue weighted by molar-refractivity contribution is 0.294. The topological polar surface area (TPSA) is 88.0 Å². The number of halogens is 1. The van der Waals surface area contributed by atoms with Gasteiger partial charge < -0.3 is 14.5 Å². The van der Waals surface area contributed by atoms with Crippen molar-refractivity contribution in [2.45, 2.75) is 18.5 Å². The molecule has 2 aromatic rings. The van der Waals surface area contributed by atoms with E-state index in [4.69, 9.17) is 21.1 Å².